The molecular formula is C13H25N5. The summed E-state index contributed by atoms with van der Waals surface area (Å²) in [5.41, 5.74) is 0.824. The molecule has 1 fully saturated rings. The summed E-state index contributed by atoms with van der Waals surface area (Å²) >= 11 is 0. The van der Waals surface area contributed by atoms with Crippen LogP contribution in [-0.2, 0) is 13.6 Å². The van der Waals surface area contributed by atoms with Crippen LogP contribution in [0.25, 0.3) is 0 Å². The second-order valence-corrected chi connectivity index (χ2v) is 7.19. The first-order valence-corrected chi connectivity index (χ1v) is 6.72. The van der Waals surface area contributed by atoms with Gasteiger partial charge in [-0.2, -0.15) is 4.80 Å². The van der Waals surface area contributed by atoms with Crippen LogP contribution in [0.3, 0.4) is 0 Å². The van der Waals surface area contributed by atoms with Crippen LogP contribution < -0.4 is 5.32 Å². The third-order valence-corrected chi connectivity index (χ3v) is 3.65. The Kier molecular flexibility index (Phi) is 3.45. The van der Waals surface area contributed by atoms with E-state index in [0.29, 0.717) is 23.4 Å². The number of hydrogen-bond donors (Lipinski definition) is 1. The molecule has 0 saturated heterocycles. The Labute approximate surface area is 109 Å². The van der Waals surface area contributed by atoms with Crippen LogP contribution in [0.4, 0.5) is 0 Å². The minimum absolute atomic E-state index is 0.412. The summed E-state index contributed by atoms with van der Waals surface area (Å²) < 4.78 is 0. The standard InChI is InChI=1S/C13H25N5/c1-12(2)6-10(7-13(3,4)9-12)14-8-11-15-17-18(5)16-11/h10,14H,6-9H2,1-5H3. The Morgan fingerprint density at radius 2 is 1.83 bits per heavy atom. The Morgan fingerprint density at radius 3 is 2.33 bits per heavy atom. The number of aromatic nitrogens is 4. The molecule has 102 valence electrons. The highest BCUT2D eigenvalue weighted by Gasteiger charge is 2.38. The number of tetrazole rings is 1. The van der Waals surface area contributed by atoms with Crippen LogP contribution in [0.5, 0.6) is 0 Å². The molecule has 0 aliphatic heterocycles. The van der Waals surface area contributed by atoms with Gasteiger partial charge in [0.1, 0.15) is 0 Å². The third-order valence-electron chi connectivity index (χ3n) is 3.65. The van der Waals surface area contributed by atoms with E-state index >= 15 is 0 Å². The van der Waals surface area contributed by atoms with E-state index in [4.69, 9.17) is 0 Å². The average molecular weight is 251 g/mol. The van der Waals surface area contributed by atoms with E-state index in [0.717, 1.165) is 5.82 Å². The lowest BCUT2D eigenvalue weighted by molar-refractivity contribution is 0.0842. The van der Waals surface area contributed by atoms with Gasteiger partial charge in [-0.1, -0.05) is 27.7 Å². The van der Waals surface area contributed by atoms with Crippen molar-refractivity contribution < 1.29 is 0 Å². The van der Waals surface area contributed by atoms with Crippen molar-refractivity contribution >= 4 is 0 Å². The number of nitrogens with one attached hydrogen (secondary N) is 1. The highest BCUT2D eigenvalue weighted by atomic mass is 15.6. The predicted octanol–water partition coefficient (Wildman–Crippen LogP) is 1.90. The van der Waals surface area contributed by atoms with Crippen LogP contribution >= 0.6 is 0 Å². The third kappa shape index (κ3) is 3.51. The molecule has 1 heterocycles. The van der Waals surface area contributed by atoms with E-state index in [-0.39, 0.29) is 0 Å². The zero-order chi connectivity index (χ0) is 13.4. The van der Waals surface area contributed by atoms with Gasteiger partial charge >= 0.3 is 0 Å². The van der Waals surface area contributed by atoms with Gasteiger partial charge in [-0.05, 0) is 35.3 Å². The Morgan fingerprint density at radius 1 is 1.22 bits per heavy atom. The van der Waals surface area contributed by atoms with Gasteiger partial charge in [0.05, 0.1) is 13.6 Å². The number of aryl methyl sites for hydroxylation is 1. The maximum atomic E-state index is 4.20. The molecule has 1 saturated carbocycles. The van der Waals surface area contributed by atoms with Crippen molar-refractivity contribution in [2.45, 2.75) is 59.5 Å². The zero-order valence-corrected chi connectivity index (χ0v) is 12.2. The molecule has 2 rings (SSSR count). The van der Waals surface area contributed by atoms with E-state index in [1.54, 1.807) is 7.05 Å². The molecule has 1 aromatic rings. The van der Waals surface area contributed by atoms with Crippen molar-refractivity contribution in [2.75, 3.05) is 0 Å². The fourth-order valence-electron chi connectivity index (χ4n) is 3.62. The Hall–Kier alpha value is -0.970. The molecule has 1 aromatic heterocycles. The maximum Gasteiger partial charge on any atom is 0.188 e. The molecule has 0 radical (unpaired) electrons. The monoisotopic (exact) mass is 251 g/mol. The van der Waals surface area contributed by atoms with E-state index in [1.165, 1.54) is 24.1 Å². The minimum Gasteiger partial charge on any atom is -0.307 e. The molecule has 1 aliphatic rings. The fourth-order valence-corrected chi connectivity index (χ4v) is 3.62. The van der Waals surface area contributed by atoms with Crippen LogP contribution in [0.2, 0.25) is 0 Å². The van der Waals surface area contributed by atoms with Crippen LogP contribution in [-0.4, -0.2) is 26.2 Å². The molecular weight excluding hydrogens is 226 g/mol. The smallest absolute Gasteiger partial charge is 0.188 e. The predicted molar refractivity (Wildman–Crippen MR) is 70.8 cm³/mol. The quantitative estimate of drug-likeness (QED) is 0.891. The first-order chi connectivity index (χ1) is 8.26. The molecule has 0 amide bonds. The summed E-state index contributed by atoms with van der Waals surface area (Å²) in [6, 6.07) is 0.549. The van der Waals surface area contributed by atoms with E-state index in [2.05, 4.69) is 48.4 Å². The van der Waals surface area contributed by atoms with Crippen LogP contribution in [0.1, 0.15) is 52.8 Å². The fraction of sp³-hybridized carbons (Fsp3) is 0.923. The normalized spacial score (nSPS) is 23.2. The largest absolute Gasteiger partial charge is 0.307 e. The van der Waals surface area contributed by atoms with Gasteiger partial charge in [-0.3, -0.25) is 0 Å². The molecule has 0 bridgehead atoms. The van der Waals surface area contributed by atoms with Crippen molar-refractivity contribution in [3.8, 4) is 0 Å². The second kappa shape index (κ2) is 4.61. The van der Waals surface area contributed by atoms with Gasteiger partial charge in [-0.25, -0.2) is 0 Å². The van der Waals surface area contributed by atoms with Crippen molar-refractivity contribution in [3.05, 3.63) is 5.82 Å². The van der Waals surface area contributed by atoms with Crippen LogP contribution in [0, 0.1) is 10.8 Å². The number of hydrogen-bond acceptors (Lipinski definition) is 4. The van der Waals surface area contributed by atoms with Crippen LogP contribution in [0.15, 0.2) is 0 Å². The molecule has 5 heteroatoms. The molecule has 0 unspecified atom stereocenters. The summed E-state index contributed by atoms with van der Waals surface area (Å²) in [6.07, 6.45) is 3.73. The van der Waals surface area contributed by atoms with Gasteiger partial charge in [0.2, 0.25) is 0 Å². The maximum absolute atomic E-state index is 4.20. The highest BCUT2D eigenvalue weighted by Crippen LogP contribution is 2.45. The van der Waals surface area contributed by atoms with Crippen molar-refractivity contribution in [3.63, 3.8) is 0 Å². The molecule has 1 N–H and O–H groups in total. The highest BCUT2D eigenvalue weighted by molar-refractivity contribution is 4.93. The summed E-state index contributed by atoms with van der Waals surface area (Å²) in [5.74, 6) is 0.777. The van der Waals surface area contributed by atoms with Crippen molar-refractivity contribution in [1.29, 1.82) is 0 Å². The molecule has 0 aromatic carbocycles. The summed E-state index contributed by atoms with van der Waals surface area (Å²) in [7, 11) is 1.79. The second-order valence-electron chi connectivity index (χ2n) is 7.19. The summed E-state index contributed by atoms with van der Waals surface area (Å²) in [6.45, 7) is 10.2. The molecule has 5 nitrogen and oxygen atoms in total. The van der Waals surface area contributed by atoms with Gasteiger partial charge in [-0.15, -0.1) is 10.2 Å². The van der Waals surface area contributed by atoms with E-state index in [1.807, 2.05) is 0 Å². The molecule has 1 aliphatic carbocycles. The van der Waals surface area contributed by atoms with Gasteiger partial charge in [0, 0.05) is 6.04 Å². The van der Waals surface area contributed by atoms with Gasteiger partial charge in [0.15, 0.2) is 5.82 Å². The molecule has 18 heavy (non-hydrogen) atoms. The van der Waals surface area contributed by atoms with Gasteiger partial charge < -0.3 is 5.32 Å². The number of nitrogens with zero attached hydrogens (tertiary/aromatic N) is 4. The molecule has 0 spiro atoms. The summed E-state index contributed by atoms with van der Waals surface area (Å²) in [4.78, 5) is 1.51. The first kappa shape index (κ1) is 13.5. The lowest BCUT2D eigenvalue weighted by Crippen LogP contribution is -2.43. The Bertz CT molecular complexity index is 391. The summed E-state index contributed by atoms with van der Waals surface area (Å²) in [5, 5.41) is 15.6. The average Bonchev–Trinajstić information content (AvgIpc) is 2.56. The SMILES string of the molecule is Cn1nnc(CNC2CC(C)(C)CC(C)(C)C2)n1. The van der Waals surface area contributed by atoms with E-state index < -0.39 is 0 Å². The molecule has 0 atom stereocenters. The van der Waals surface area contributed by atoms with Gasteiger partial charge in [0.25, 0.3) is 0 Å². The first-order valence-electron chi connectivity index (χ1n) is 6.72. The lowest BCUT2D eigenvalue weighted by atomic mass is 9.63. The van der Waals surface area contributed by atoms with Crippen molar-refractivity contribution in [2.24, 2.45) is 17.9 Å². The Balaban J connectivity index is 1.93. The van der Waals surface area contributed by atoms with E-state index in [9.17, 15) is 0 Å². The zero-order valence-electron chi connectivity index (χ0n) is 12.2. The number of rotatable bonds is 3. The van der Waals surface area contributed by atoms with Crippen molar-refractivity contribution in [1.82, 2.24) is 25.5 Å². The lowest BCUT2D eigenvalue weighted by Gasteiger charge is -2.45. The minimum atomic E-state index is 0.412. The topological polar surface area (TPSA) is 55.6 Å².